The predicted molar refractivity (Wildman–Crippen MR) is 135 cm³/mol. The number of likely N-dealkylation sites (tertiary alicyclic amines) is 2. The molecule has 2 saturated heterocycles. The number of carbonyl (C=O) groups is 1. The summed E-state index contributed by atoms with van der Waals surface area (Å²) in [6.45, 7) is 9.24. The summed E-state index contributed by atoms with van der Waals surface area (Å²) in [5.41, 5.74) is 2.17. The predicted octanol–water partition coefficient (Wildman–Crippen LogP) is 4.06. The van der Waals surface area contributed by atoms with E-state index < -0.39 is 10.0 Å². The Balaban J connectivity index is 1.42. The van der Waals surface area contributed by atoms with Crippen molar-refractivity contribution in [3.05, 3.63) is 65.2 Å². The van der Waals surface area contributed by atoms with Crippen LogP contribution in [0, 0.1) is 18.8 Å². The Hall–Kier alpha value is -2.22. The Kier molecular flexibility index (Phi) is 8.06. The molecule has 0 saturated carbocycles. The molecule has 0 spiro atoms. The van der Waals surface area contributed by atoms with Crippen LogP contribution in [0.3, 0.4) is 0 Å². The van der Waals surface area contributed by atoms with E-state index in [1.54, 1.807) is 18.2 Å². The molecule has 0 radical (unpaired) electrons. The molecule has 6 nitrogen and oxygen atoms in total. The third-order valence-electron chi connectivity index (χ3n) is 7.26. The van der Waals surface area contributed by atoms with Gasteiger partial charge >= 0.3 is 0 Å². The molecule has 2 heterocycles. The maximum atomic E-state index is 13.5. The number of aryl methyl sites for hydroxylation is 1. The fourth-order valence-corrected chi connectivity index (χ4v) is 6.08. The normalized spacial score (nSPS) is 20.4. The van der Waals surface area contributed by atoms with Gasteiger partial charge in [-0.2, -0.15) is 0 Å². The molecule has 184 valence electrons. The van der Waals surface area contributed by atoms with Crippen molar-refractivity contribution in [3.63, 3.8) is 0 Å². The van der Waals surface area contributed by atoms with Crippen LogP contribution in [0.1, 0.15) is 54.1 Å². The summed E-state index contributed by atoms with van der Waals surface area (Å²) in [5, 5.41) is 0. The van der Waals surface area contributed by atoms with Crippen LogP contribution in [0.4, 0.5) is 0 Å². The van der Waals surface area contributed by atoms with Crippen molar-refractivity contribution >= 4 is 15.9 Å². The molecule has 34 heavy (non-hydrogen) atoms. The van der Waals surface area contributed by atoms with Crippen LogP contribution in [0.2, 0.25) is 0 Å². The van der Waals surface area contributed by atoms with Crippen molar-refractivity contribution in [2.45, 2.75) is 51.0 Å². The number of nitrogens with one attached hydrogen (secondary N) is 1. The second-order valence-corrected chi connectivity index (χ2v) is 11.8. The summed E-state index contributed by atoms with van der Waals surface area (Å²) in [7, 11) is -3.72. The summed E-state index contributed by atoms with van der Waals surface area (Å²) in [4.78, 5) is 18.1. The average molecular weight is 484 g/mol. The zero-order valence-corrected chi connectivity index (χ0v) is 21.2. The number of piperidine rings is 2. The van der Waals surface area contributed by atoms with E-state index in [4.69, 9.17) is 0 Å². The number of amides is 1. The lowest BCUT2D eigenvalue weighted by molar-refractivity contribution is 0.0621. The third-order valence-corrected chi connectivity index (χ3v) is 8.66. The maximum Gasteiger partial charge on any atom is 0.254 e. The van der Waals surface area contributed by atoms with Crippen LogP contribution in [0.5, 0.6) is 0 Å². The molecule has 0 aromatic heterocycles. The van der Waals surface area contributed by atoms with E-state index in [9.17, 15) is 13.2 Å². The summed E-state index contributed by atoms with van der Waals surface area (Å²) in [6.07, 6.45) is 4.66. The lowest BCUT2D eigenvalue weighted by Crippen LogP contribution is -2.45. The van der Waals surface area contributed by atoms with Crippen LogP contribution < -0.4 is 4.72 Å². The van der Waals surface area contributed by atoms with Gasteiger partial charge in [-0.25, -0.2) is 13.1 Å². The first-order valence-corrected chi connectivity index (χ1v) is 14.0. The van der Waals surface area contributed by atoms with Crippen LogP contribution in [-0.4, -0.2) is 56.8 Å². The largest absolute Gasteiger partial charge is 0.338 e. The molecule has 0 bridgehead atoms. The van der Waals surface area contributed by atoms with Crippen LogP contribution in [0.15, 0.2) is 53.4 Å². The summed E-state index contributed by atoms with van der Waals surface area (Å²) in [6, 6.07) is 14.3. The second-order valence-electron chi connectivity index (χ2n) is 10.0. The zero-order chi connectivity index (χ0) is 24.1. The minimum absolute atomic E-state index is 0.0606. The molecule has 1 unspecified atom stereocenters. The SMILES string of the molecule is Cc1ccc(S(=O)(=O)NCc2ccccc2)cc1C(=O)N1CCCC(CN2CCC(C)CC2)C1. The molecule has 1 atom stereocenters. The zero-order valence-electron chi connectivity index (χ0n) is 20.4. The van der Waals surface area contributed by atoms with Crippen molar-refractivity contribution in [2.75, 3.05) is 32.7 Å². The van der Waals surface area contributed by atoms with Gasteiger partial charge < -0.3 is 9.80 Å². The maximum absolute atomic E-state index is 13.5. The number of benzene rings is 2. The summed E-state index contributed by atoms with van der Waals surface area (Å²) >= 11 is 0. The molecule has 2 fully saturated rings. The van der Waals surface area contributed by atoms with Gasteiger partial charge in [-0.05, 0) is 80.8 Å². The lowest BCUT2D eigenvalue weighted by atomic mass is 9.94. The Morgan fingerprint density at radius 2 is 1.76 bits per heavy atom. The van der Waals surface area contributed by atoms with E-state index >= 15 is 0 Å². The number of rotatable bonds is 7. The number of sulfonamides is 1. The van der Waals surface area contributed by atoms with E-state index in [-0.39, 0.29) is 17.3 Å². The Morgan fingerprint density at radius 1 is 1.03 bits per heavy atom. The second kappa shape index (κ2) is 11.0. The van der Waals surface area contributed by atoms with Gasteiger partial charge in [-0.15, -0.1) is 0 Å². The first-order valence-electron chi connectivity index (χ1n) is 12.5. The van der Waals surface area contributed by atoms with Gasteiger partial charge in [0.15, 0.2) is 0 Å². The highest BCUT2D eigenvalue weighted by molar-refractivity contribution is 7.89. The molecule has 2 aromatic carbocycles. The lowest BCUT2D eigenvalue weighted by Gasteiger charge is -2.38. The number of hydrogen-bond acceptors (Lipinski definition) is 4. The van der Waals surface area contributed by atoms with Crippen molar-refractivity contribution in [2.24, 2.45) is 11.8 Å². The Labute approximate surface area is 204 Å². The van der Waals surface area contributed by atoms with E-state index in [0.29, 0.717) is 11.5 Å². The molecular weight excluding hydrogens is 446 g/mol. The Bertz CT molecular complexity index is 1080. The average Bonchev–Trinajstić information content (AvgIpc) is 2.85. The molecule has 0 aliphatic carbocycles. The fourth-order valence-electron chi connectivity index (χ4n) is 5.03. The molecular formula is C27H37N3O3S. The van der Waals surface area contributed by atoms with E-state index in [0.717, 1.165) is 62.6 Å². The van der Waals surface area contributed by atoms with Crippen molar-refractivity contribution in [3.8, 4) is 0 Å². The van der Waals surface area contributed by atoms with Gasteiger partial charge in [0.1, 0.15) is 0 Å². The monoisotopic (exact) mass is 483 g/mol. The van der Waals surface area contributed by atoms with Crippen molar-refractivity contribution in [1.82, 2.24) is 14.5 Å². The molecule has 1 amide bonds. The van der Waals surface area contributed by atoms with Crippen molar-refractivity contribution in [1.29, 1.82) is 0 Å². The molecule has 1 N–H and O–H groups in total. The van der Waals surface area contributed by atoms with Gasteiger partial charge in [-0.1, -0.05) is 43.3 Å². The number of nitrogens with zero attached hydrogens (tertiary/aromatic N) is 2. The van der Waals surface area contributed by atoms with Crippen LogP contribution in [0.25, 0.3) is 0 Å². The Morgan fingerprint density at radius 3 is 2.50 bits per heavy atom. The minimum atomic E-state index is -3.72. The summed E-state index contributed by atoms with van der Waals surface area (Å²) in [5.74, 6) is 1.23. The van der Waals surface area contributed by atoms with Crippen LogP contribution >= 0.6 is 0 Å². The first-order chi connectivity index (χ1) is 16.3. The van der Waals surface area contributed by atoms with Gasteiger partial charge in [0.05, 0.1) is 4.90 Å². The van der Waals surface area contributed by atoms with Gasteiger partial charge in [0.25, 0.3) is 5.91 Å². The number of carbonyl (C=O) groups excluding carboxylic acids is 1. The minimum Gasteiger partial charge on any atom is -0.338 e. The summed E-state index contributed by atoms with van der Waals surface area (Å²) < 4.78 is 28.5. The molecule has 2 aromatic rings. The standard InChI is InChI=1S/C27H37N3O3S/c1-21-12-15-29(16-13-21)19-24-9-6-14-30(20-24)27(31)26-17-25(11-10-22(26)2)34(32,33)28-18-23-7-4-3-5-8-23/h3-5,7-8,10-11,17,21,24,28H,6,9,12-16,18-20H2,1-2H3. The highest BCUT2D eigenvalue weighted by Crippen LogP contribution is 2.24. The van der Waals surface area contributed by atoms with E-state index in [2.05, 4.69) is 16.5 Å². The molecule has 4 rings (SSSR count). The van der Waals surface area contributed by atoms with Gasteiger partial charge in [-0.3, -0.25) is 4.79 Å². The van der Waals surface area contributed by atoms with E-state index in [1.807, 2.05) is 42.2 Å². The van der Waals surface area contributed by atoms with E-state index in [1.165, 1.54) is 12.8 Å². The topological polar surface area (TPSA) is 69.7 Å². The smallest absolute Gasteiger partial charge is 0.254 e. The van der Waals surface area contributed by atoms with Gasteiger partial charge in [0, 0.05) is 31.7 Å². The first kappa shape index (κ1) is 24.9. The van der Waals surface area contributed by atoms with Gasteiger partial charge in [0.2, 0.25) is 10.0 Å². The molecule has 2 aliphatic heterocycles. The highest BCUT2D eigenvalue weighted by atomic mass is 32.2. The third kappa shape index (κ3) is 6.26. The van der Waals surface area contributed by atoms with Crippen molar-refractivity contribution < 1.29 is 13.2 Å². The van der Waals surface area contributed by atoms with Crippen LogP contribution in [-0.2, 0) is 16.6 Å². The molecule has 7 heteroatoms. The molecule has 2 aliphatic rings. The number of hydrogen-bond donors (Lipinski definition) is 1. The quantitative estimate of drug-likeness (QED) is 0.645. The fraction of sp³-hybridized carbons (Fsp3) is 0.519. The highest BCUT2D eigenvalue weighted by Gasteiger charge is 2.28.